The molecule has 2 heteroatoms. The molecule has 0 aromatic rings. The SMILES string of the molecule is CC#N.N.[H+]. The molecule has 2 nitrogen and oxygen atoms in total. The van der Waals surface area contributed by atoms with Crippen molar-refractivity contribution in [2.45, 2.75) is 6.92 Å². The highest BCUT2D eigenvalue weighted by atomic mass is 14.2. The van der Waals surface area contributed by atoms with Crippen molar-refractivity contribution in [3.63, 3.8) is 0 Å². The smallest absolute Gasteiger partial charge is 0.344 e. The van der Waals surface area contributed by atoms with E-state index in [1.807, 2.05) is 0 Å². The van der Waals surface area contributed by atoms with Crippen LogP contribution in [0.25, 0.3) is 0 Å². The van der Waals surface area contributed by atoms with Gasteiger partial charge in [0.2, 0.25) is 0 Å². The molecule has 0 aliphatic carbocycles. The normalized spacial score (nSPS) is 2.00. The van der Waals surface area contributed by atoms with Gasteiger partial charge in [0.1, 0.15) is 0 Å². The average Bonchev–Trinajstić information content (AvgIpc) is 0.918. The zero-order valence-corrected chi connectivity index (χ0v) is 2.65. The molecule has 0 fully saturated rings. The molecule has 4 heavy (non-hydrogen) atoms. The Morgan fingerprint density at radius 2 is 2.00 bits per heavy atom. The molecule has 0 unspecified atom stereocenters. The number of nitrogens with zero attached hydrogens (tertiary/aromatic N) is 1. The zero-order valence-electron chi connectivity index (χ0n) is 3.65. The standard InChI is InChI=1S/C2H3N.H3N/c1-2-3;/h1H3;1H3/p+1. The second kappa shape index (κ2) is 25.4. The molecule has 0 amide bonds. The van der Waals surface area contributed by atoms with Crippen LogP contribution in [0.3, 0.4) is 0 Å². The van der Waals surface area contributed by atoms with Crippen LogP contribution in [0.2, 0.25) is 0 Å². The van der Waals surface area contributed by atoms with Gasteiger partial charge in [0.15, 0.2) is 0 Å². The Morgan fingerprint density at radius 3 is 2.00 bits per heavy atom. The summed E-state index contributed by atoms with van der Waals surface area (Å²) < 4.78 is 0. The Kier molecular flexibility index (Phi) is 62.6. The van der Waals surface area contributed by atoms with E-state index in [0.29, 0.717) is 0 Å². The van der Waals surface area contributed by atoms with Gasteiger partial charge in [0.05, 0.1) is 6.07 Å². The zero-order chi connectivity index (χ0) is 2.71. The van der Waals surface area contributed by atoms with Crippen LogP contribution >= 0.6 is 0 Å². The lowest BCUT2D eigenvalue weighted by Crippen LogP contribution is -1.10. The third-order valence-corrected chi connectivity index (χ3v) is 0. The summed E-state index contributed by atoms with van der Waals surface area (Å²) in [5, 5.41) is 7.32. The van der Waals surface area contributed by atoms with Crippen molar-refractivity contribution in [3.8, 4) is 6.07 Å². The Labute approximate surface area is 27.1 Å². The van der Waals surface area contributed by atoms with E-state index in [1.165, 1.54) is 6.92 Å². The minimum Gasteiger partial charge on any atom is -0.344 e. The van der Waals surface area contributed by atoms with Crippen LogP contribution < -0.4 is 6.15 Å². The van der Waals surface area contributed by atoms with Gasteiger partial charge in [-0.1, -0.05) is 0 Å². The van der Waals surface area contributed by atoms with Crippen LogP contribution in [0, 0.1) is 11.3 Å². The summed E-state index contributed by atoms with van der Waals surface area (Å²) in [6, 6.07) is 1.75. The molecule has 24 valence electrons. The Bertz CT molecular complexity index is 29.1. The van der Waals surface area contributed by atoms with Crippen molar-refractivity contribution in [2.24, 2.45) is 0 Å². The number of hydrogen-bond acceptors (Lipinski definition) is 2. The van der Waals surface area contributed by atoms with Gasteiger partial charge in [-0.05, 0) is 0 Å². The fourth-order valence-electron chi connectivity index (χ4n) is 0. The molecule has 0 aliphatic heterocycles. The van der Waals surface area contributed by atoms with Crippen LogP contribution in [0.1, 0.15) is 8.35 Å². The van der Waals surface area contributed by atoms with Crippen LogP contribution in [0.15, 0.2) is 0 Å². The van der Waals surface area contributed by atoms with Crippen molar-refractivity contribution in [3.05, 3.63) is 0 Å². The Morgan fingerprint density at radius 1 is 2.00 bits per heavy atom. The molecule has 0 bridgehead atoms. The van der Waals surface area contributed by atoms with Crippen LogP contribution in [-0.4, -0.2) is 0 Å². The summed E-state index contributed by atoms with van der Waals surface area (Å²) in [4.78, 5) is 0. The molecule has 0 spiro atoms. The van der Waals surface area contributed by atoms with Gasteiger partial charge >= 0.3 is 1.43 Å². The highest BCUT2D eigenvalue weighted by molar-refractivity contribution is 4.51. The van der Waals surface area contributed by atoms with Crippen molar-refractivity contribution in [1.29, 1.82) is 5.26 Å². The molecular formula is C2H7N2+. The highest BCUT2D eigenvalue weighted by Crippen LogP contribution is 1.21. The highest BCUT2D eigenvalue weighted by Gasteiger charge is 1.17. The van der Waals surface area contributed by atoms with E-state index in [4.69, 9.17) is 5.26 Å². The van der Waals surface area contributed by atoms with E-state index in [9.17, 15) is 0 Å². The van der Waals surface area contributed by atoms with Gasteiger partial charge in [0, 0.05) is 6.92 Å². The van der Waals surface area contributed by atoms with E-state index < -0.39 is 0 Å². The molecule has 0 heterocycles. The molecular weight excluding hydrogens is 52.0 g/mol. The summed E-state index contributed by atoms with van der Waals surface area (Å²) in [6.07, 6.45) is 0. The first kappa shape index (κ1) is 9.85. The van der Waals surface area contributed by atoms with E-state index in [1.54, 1.807) is 6.07 Å². The summed E-state index contributed by atoms with van der Waals surface area (Å²) in [6.45, 7) is 1.43. The van der Waals surface area contributed by atoms with Crippen LogP contribution in [0.4, 0.5) is 0 Å². The molecule has 0 atom stereocenters. The first-order valence-electron chi connectivity index (χ1n) is 0.724. The minimum absolute atomic E-state index is 0. The second-order valence-corrected chi connectivity index (χ2v) is 0.224. The van der Waals surface area contributed by atoms with Crippen molar-refractivity contribution in [2.75, 3.05) is 0 Å². The van der Waals surface area contributed by atoms with Gasteiger partial charge in [-0.25, -0.2) is 0 Å². The molecule has 0 radical (unpaired) electrons. The van der Waals surface area contributed by atoms with E-state index in [-0.39, 0.29) is 7.58 Å². The third kappa shape index (κ3) is 0.971. The van der Waals surface area contributed by atoms with E-state index >= 15 is 0 Å². The summed E-state index contributed by atoms with van der Waals surface area (Å²) in [7, 11) is 0. The monoisotopic (exact) mass is 59.1 g/mol. The van der Waals surface area contributed by atoms with Gasteiger partial charge in [-0.2, -0.15) is 5.26 Å². The molecule has 0 saturated heterocycles. The quantitative estimate of drug-likeness (QED) is 0.448. The van der Waals surface area contributed by atoms with Gasteiger partial charge in [-0.3, -0.25) is 0 Å². The molecule has 0 saturated carbocycles. The van der Waals surface area contributed by atoms with Gasteiger partial charge < -0.3 is 6.15 Å². The molecule has 0 aromatic carbocycles. The van der Waals surface area contributed by atoms with Crippen molar-refractivity contribution < 1.29 is 1.43 Å². The van der Waals surface area contributed by atoms with Crippen LogP contribution in [0.5, 0.6) is 0 Å². The summed E-state index contributed by atoms with van der Waals surface area (Å²) in [5.74, 6) is 0. The number of rotatable bonds is 0. The lowest BCUT2D eigenvalue weighted by Gasteiger charge is -1.15. The maximum absolute atomic E-state index is 7.32. The summed E-state index contributed by atoms with van der Waals surface area (Å²) in [5.41, 5.74) is 0. The second-order valence-electron chi connectivity index (χ2n) is 0.224. The Hall–Kier alpha value is -0.550. The minimum atomic E-state index is 0. The summed E-state index contributed by atoms with van der Waals surface area (Å²) >= 11 is 0. The fourth-order valence-corrected chi connectivity index (χ4v) is 0. The first-order valence-corrected chi connectivity index (χ1v) is 0.724. The van der Waals surface area contributed by atoms with Gasteiger partial charge in [-0.15, -0.1) is 0 Å². The van der Waals surface area contributed by atoms with Crippen molar-refractivity contribution >= 4 is 0 Å². The molecule has 0 rings (SSSR count). The third-order valence-electron chi connectivity index (χ3n) is 0. The molecule has 3 N–H and O–H groups in total. The maximum atomic E-state index is 7.32. The Balaban J connectivity index is -0.0000000200. The fraction of sp³-hybridized carbons (Fsp3) is 0.500. The number of nitriles is 1. The number of hydrogen-bond donors (Lipinski definition) is 1. The molecule has 0 aliphatic rings. The van der Waals surface area contributed by atoms with Crippen molar-refractivity contribution in [1.82, 2.24) is 6.15 Å². The van der Waals surface area contributed by atoms with Gasteiger partial charge in [0.25, 0.3) is 0 Å². The first-order chi connectivity index (χ1) is 1.41. The maximum Gasteiger partial charge on any atom is 1.00 e. The predicted molar refractivity (Wildman–Crippen MR) is 17.4 cm³/mol. The van der Waals surface area contributed by atoms with Crippen LogP contribution in [-0.2, 0) is 0 Å². The van der Waals surface area contributed by atoms with E-state index in [2.05, 4.69) is 0 Å². The lowest BCUT2D eigenvalue weighted by atomic mass is 11.0. The average molecular weight is 59.1 g/mol. The topological polar surface area (TPSA) is 58.8 Å². The van der Waals surface area contributed by atoms with E-state index in [0.717, 1.165) is 0 Å². The lowest BCUT2D eigenvalue weighted by molar-refractivity contribution is 1.49. The predicted octanol–water partition coefficient (Wildman–Crippen LogP) is 0.804. The molecule has 0 aromatic heterocycles. The largest absolute Gasteiger partial charge is 1.00 e.